The van der Waals surface area contributed by atoms with Crippen molar-refractivity contribution in [2.24, 2.45) is 0 Å². The normalized spacial score (nSPS) is 13.9. The van der Waals surface area contributed by atoms with E-state index in [2.05, 4.69) is 24.0 Å². The number of ether oxygens (including phenoxy) is 1. The van der Waals surface area contributed by atoms with Crippen LogP contribution >= 0.6 is 11.6 Å². The summed E-state index contributed by atoms with van der Waals surface area (Å²) in [6.07, 6.45) is -0.576. The Morgan fingerprint density at radius 2 is 1.73 bits per heavy atom. The van der Waals surface area contributed by atoms with Gasteiger partial charge in [0.1, 0.15) is 18.5 Å². The number of hydrogen-bond donors (Lipinski definition) is 1. The average Bonchev–Trinajstić information content (AvgIpc) is 2.54. The van der Waals surface area contributed by atoms with Gasteiger partial charge >= 0.3 is 0 Å². The lowest BCUT2D eigenvalue weighted by Gasteiger charge is -2.27. The first-order valence-corrected chi connectivity index (χ1v) is 7.76. The van der Waals surface area contributed by atoms with Crippen molar-refractivity contribution in [2.75, 3.05) is 20.2 Å². The fraction of sp³-hybridized carbons (Fsp3) is 0.333. The van der Waals surface area contributed by atoms with Crippen LogP contribution < -0.4 is 4.74 Å². The smallest absolute Gasteiger partial charge is 0.138 e. The molecular formula is C18H22ClNO2. The topological polar surface area (TPSA) is 32.7 Å². The minimum atomic E-state index is -0.576. The Balaban J connectivity index is 1.84. The number of hydrogen-bond acceptors (Lipinski definition) is 3. The van der Waals surface area contributed by atoms with Crippen molar-refractivity contribution in [2.45, 2.75) is 19.1 Å². The van der Waals surface area contributed by atoms with Gasteiger partial charge in [-0.05, 0) is 31.7 Å². The molecule has 0 saturated carbocycles. The summed E-state index contributed by atoms with van der Waals surface area (Å²) in [4.78, 5) is 2.11. The molecule has 0 radical (unpaired) electrons. The Labute approximate surface area is 137 Å². The molecule has 4 heteroatoms. The van der Waals surface area contributed by atoms with Crippen molar-refractivity contribution in [1.29, 1.82) is 0 Å². The minimum Gasteiger partial charge on any atom is -0.489 e. The van der Waals surface area contributed by atoms with Crippen LogP contribution in [-0.4, -0.2) is 36.3 Å². The van der Waals surface area contributed by atoms with Crippen molar-refractivity contribution < 1.29 is 9.84 Å². The minimum absolute atomic E-state index is 0.218. The van der Waals surface area contributed by atoms with Gasteiger partial charge in [-0.25, -0.2) is 0 Å². The van der Waals surface area contributed by atoms with Gasteiger partial charge in [-0.1, -0.05) is 54.1 Å². The van der Waals surface area contributed by atoms with E-state index in [0.717, 1.165) is 0 Å². The molecule has 2 unspecified atom stereocenters. The third kappa shape index (κ3) is 4.73. The first-order chi connectivity index (χ1) is 10.6. The summed E-state index contributed by atoms with van der Waals surface area (Å²) in [5, 5.41) is 10.7. The predicted octanol–water partition coefficient (Wildman–Crippen LogP) is 3.77. The summed E-state index contributed by atoms with van der Waals surface area (Å²) < 4.78 is 5.58. The molecule has 2 rings (SSSR count). The third-order valence-electron chi connectivity index (χ3n) is 3.71. The van der Waals surface area contributed by atoms with Gasteiger partial charge in [0, 0.05) is 12.6 Å². The summed E-state index contributed by atoms with van der Waals surface area (Å²) in [7, 11) is 2.00. The van der Waals surface area contributed by atoms with Crippen molar-refractivity contribution in [3.63, 3.8) is 0 Å². The van der Waals surface area contributed by atoms with Gasteiger partial charge in [0.2, 0.25) is 0 Å². The molecule has 0 fully saturated rings. The zero-order valence-electron chi connectivity index (χ0n) is 12.9. The van der Waals surface area contributed by atoms with E-state index in [1.807, 2.05) is 37.4 Å². The monoisotopic (exact) mass is 319 g/mol. The second-order valence-corrected chi connectivity index (χ2v) is 5.83. The lowest BCUT2D eigenvalue weighted by Crippen LogP contribution is -2.34. The average molecular weight is 320 g/mol. The highest BCUT2D eigenvalue weighted by atomic mass is 35.5. The van der Waals surface area contributed by atoms with Crippen molar-refractivity contribution in [1.82, 2.24) is 4.90 Å². The number of aliphatic hydroxyl groups excluding tert-OH is 1. The van der Waals surface area contributed by atoms with E-state index in [0.29, 0.717) is 17.3 Å². The molecule has 0 aromatic heterocycles. The second-order valence-electron chi connectivity index (χ2n) is 5.42. The fourth-order valence-electron chi connectivity index (χ4n) is 2.28. The molecule has 0 saturated heterocycles. The first kappa shape index (κ1) is 16.8. The van der Waals surface area contributed by atoms with Gasteiger partial charge in [-0.15, -0.1) is 0 Å². The van der Waals surface area contributed by atoms with E-state index < -0.39 is 6.10 Å². The number of aliphatic hydroxyl groups is 1. The Morgan fingerprint density at radius 1 is 1.09 bits per heavy atom. The van der Waals surface area contributed by atoms with Crippen LogP contribution in [0.1, 0.15) is 18.5 Å². The maximum absolute atomic E-state index is 10.2. The van der Waals surface area contributed by atoms with E-state index in [1.165, 1.54) is 5.56 Å². The van der Waals surface area contributed by atoms with E-state index in [4.69, 9.17) is 16.3 Å². The molecular weight excluding hydrogens is 298 g/mol. The molecule has 2 atom stereocenters. The van der Waals surface area contributed by atoms with Crippen molar-refractivity contribution in [3.8, 4) is 5.75 Å². The largest absolute Gasteiger partial charge is 0.489 e. The standard InChI is InChI=1S/C18H22ClNO2/c1-14(15-8-4-3-5-9-15)20(2)12-16(21)13-22-18-11-7-6-10-17(18)19/h3-11,14,16,21H,12-13H2,1-2H3. The summed E-state index contributed by atoms with van der Waals surface area (Å²) in [6, 6.07) is 17.7. The quantitative estimate of drug-likeness (QED) is 0.843. The molecule has 118 valence electrons. The van der Waals surface area contributed by atoms with Crippen molar-refractivity contribution >= 4 is 11.6 Å². The highest BCUT2D eigenvalue weighted by Crippen LogP contribution is 2.23. The molecule has 0 spiro atoms. The number of halogens is 1. The highest BCUT2D eigenvalue weighted by molar-refractivity contribution is 6.32. The van der Waals surface area contributed by atoms with E-state index in [1.54, 1.807) is 12.1 Å². The van der Waals surface area contributed by atoms with Crippen LogP contribution in [0.25, 0.3) is 0 Å². The summed E-state index contributed by atoms with van der Waals surface area (Å²) in [6.45, 7) is 2.87. The molecule has 0 aliphatic carbocycles. The van der Waals surface area contributed by atoms with Gasteiger partial charge in [0.25, 0.3) is 0 Å². The van der Waals surface area contributed by atoms with Crippen LogP contribution in [0.5, 0.6) is 5.75 Å². The zero-order valence-corrected chi connectivity index (χ0v) is 13.7. The zero-order chi connectivity index (χ0) is 15.9. The highest BCUT2D eigenvalue weighted by Gasteiger charge is 2.16. The van der Waals surface area contributed by atoms with Crippen molar-refractivity contribution in [3.05, 3.63) is 65.2 Å². The molecule has 2 aromatic rings. The molecule has 2 aromatic carbocycles. The lowest BCUT2D eigenvalue weighted by atomic mass is 10.1. The molecule has 0 bridgehead atoms. The van der Waals surface area contributed by atoms with E-state index >= 15 is 0 Å². The maximum Gasteiger partial charge on any atom is 0.138 e. The summed E-state index contributed by atoms with van der Waals surface area (Å²) in [5.74, 6) is 0.599. The Hall–Kier alpha value is -1.55. The molecule has 0 amide bonds. The van der Waals surface area contributed by atoms with E-state index in [9.17, 15) is 5.11 Å². The predicted molar refractivity (Wildman–Crippen MR) is 90.4 cm³/mol. The van der Waals surface area contributed by atoms with Crippen LogP contribution in [-0.2, 0) is 0 Å². The Kier molecular flexibility index (Phi) is 6.25. The SMILES string of the molecule is CC(c1ccccc1)N(C)CC(O)COc1ccccc1Cl. The second kappa shape index (κ2) is 8.18. The number of rotatable bonds is 7. The lowest BCUT2D eigenvalue weighted by molar-refractivity contribution is 0.0654. The van der Waals surface area contributed by atoms with Crippen LogP contribution in [0.15, 0.2) is 54.6 Å². The first-order valence-electron chi connectivity index (χ1n) is 7.38. The van der Waals surface area contributed by atoms with Crippen LogP contribution in [0, 0.1) is 0 Å². The molecule has 0 aliphatic rings. The van der Waals surface area contributed by atoms with Crippen LogP contribution in [0.3, 0.4) is 0 Å². The number of benzene rings is 2. The van der Waals surface area contributed by atoms with Gasteiger partial charge in [0.05, 0.1) is 5.02 Å². The molecule has 0 heterocycles. The Morgan fingerprint density at radius 3 is 2.41 bits per heavy atom. The third-order valence-corrected chi connectivity index (χ3v) is 4.02. The molecule has 0 aliphatic heterocycles. The van der Waals surface area contributed by atoms with Gasteiger partial charge < -0.3 is 9.84 Å². The Bertz CT molecular complexity index is 576. The summed E-state index contributed by atoms with van der Waals surface area (Å²) >= 11 is 6.03. The molecule has 3 nitrogen and oxygen atoms in total. The van der Waals surface area contributed by atoms with Gasteiger partial charge in [0.15, 0.2) is 0 Å². The van der Waals surface area contributed by atoms with Gasteiger partial charge in [-0.2, -0.15) is 0 Å². The number of nitrogens with zero attached hydrogens (tertiary/aromatic N) is 1. The number of para-hydroxylation sites is 1. The molecule has 1 N–H and O–H groups in total. The van der Waals surface area contributed by atoms with Crippen LogP contribution in [0.4, 0.5) is 0 Å². The molecule has 22 heavy (non-hydrogen) atoms. The van der Waals surface area contributed by atoms with E-state index in [-0.39, 0.29) is 12.6 Å². The van der Waals surface area contributed by atoms with Gasteiger partial charge in [-0.3, -0.25) is 4.90 Å². The number of likely N-dealkylation sites (N-methyl/N-ethyl adjacent to an activating group) is 1. The summed E-state index contributed by atoms with van der Waals surface area (Å²) in [5.41, 5.74) is 1.23. The maximum atomic E-state index is 10.2. The van der Waals surface area contributed by atoms with Crippen LogP contribution in [0.2, 0.25) is 5.02 Å². The fourth-order valence-corrected chi connectivity index (χ4v) is 2.47.